The number of hydrogen-bond donors (Lipinski definition) is 1. The summed E-state index contributed by atoms with van der Waals surface area (Å²) in [5.41, 5.74) is 1.10. The Bertz CT molecular complexity index is 361. The van der Waals surface area contributed by atoms with Crippen LogP contribution in [-0.4, -0.2) is 21.9 Å². The van der Waals surface area contributed by atoms with Crippen LogP contribution in [-0.2, 0) is 6.42 Å². The lowest BCUT2D eigenvalue weighted by molar-refractivity contribution is 0.341. The number of nitrogens with zero attached hydrogens (tertiary/aromatic N) is 2. The van der Waals surface area contributed by atoms with E-state index in [0.29, 0.717) is 11.3 Å². The van der Waals surface area contributed by atoms with E-state index in [2.05, 4.69) is 22.2 Å². The molecule has 0 spiro atoms. The Morgan fingerprint density at radius 1 is 1.44 bits per heavy atom. The van der Waals surface area contributed by atoms with Crippen LogP contribution < -0.4 is 5.32 Å². The highest BCUT2D eigenvalue weighted by Crippen LogP contribution is 2.31. The van der Waals surface area contributed by atoms with Crippen molar-refractivity contribution in [1.82, 2.24) is 9.97 Å². The summed E-state index contributed by atoms with van der Waals surface area (Å²) in [5.74, 6) is 2.50. The first-order valence-electron chi connectivity index (χ1n) is 5.90. The zero-order chi connectivity index (χ0) is 11.5. The highest BCUT2D eigenvalue weighted by atomic mass is 35.5. The van der Waals surface area contributed by atoms with Crippen molar-refractivity contribution in [2.45, 2.75) is 38.5 Å². The minimum absolute atomic E-state index is 0.394. The molecule has 1 fully saturated rings. The Balaban J connectivity index is 1.90. The van der Waals surface area contributed by atoms with Gasteiger partial charge in [0.25, 0.3) is 0 Å². The number of rotatable bonds is 4. The molecule has 1 aliphatic rings. The molecule has 0 atom stereocenters. The average molecular weight is 240 g/mol. The number of aryl methyl sites for hydroxylation is 2. The van der Waals surface area contributed by atoms with Gasteiger partial charge in [-0.05, 0) is 32.1 Å². The predicted molar refractivity (Wildman–Crippen MR) is 67.0 cm³/mol. The molecule has 0 aromatic carbocycles. The Morgan fingerprint density at radius 3 is 2.81 bits per heavy atom. The lowest BCUT2D eigenvalue weighted by Gasteiger charge is -2.31. The summed E-state index contributed by atoms with van der Waals surface area (Å²) < 4.78 is 0. The van der Waals surface area contributed by atoms with Gasteiger partial charge in [0.05, 0.1) is 0 Å². The topological polar surface area (TPSA) is 37.8 Å². The predicted octanol–water partition coefficient (Wildman–Crippen LogP) is 2.78. The third-order valence-electron chi connectivity index (χ3n) is 3.00. The SMILES string of the molecule is CCc1cc(NCC2CC(Cl)C2)nc(C)n1. The van der Waals surface area contributed by atoms with Gasteiger partial charge in [0.15, 0.2) is 0 Å². The molecule has 0 bridgehead atoms. The number of aromatic nitrogens is 2. The van der Waals surface area contributed by atoms with Gasteiger partial charge in [0.1, 0.15) is 11.6 Å². The maximum atomic E-state index is 5.94. The zero-order valence-corrected chi connectivity index (χ0v) is 10.6. The second kappa shape index (κ2) is 5.00. The lowest BCUT2D eigenvalue weighted by Crippen LogP contribution is -2.30. The summed E-state index contributed by atoms with van der Waals surface area (Å²) >= 11 is 5.94. The summed E-state index contributed by atoms with van der Waals surface area (Å²) in [6.45, 7) is 5.01. The van der Waals surface area contributed by atoms with Gasteiger partial charge in [-0.1, -0.05) is 6.92 Å². The van der Waals surface area contributed by atoms with Crippen LogP contribution in [0.3, 0.4) is 0 Å². The summed E-state index contributed by atoms with van der Waals surface area (Å²) in [7, 11) is 0. The van der Waals surface area contributed by atoms with Gasteiger partial charge in [-0.15, -0.1) is 11.6 Å². The van der Waals surface area contributed by atoms with Gasteiger partial charge in [-0.2, -0.15) is 0 Å². The molecular formula is C12H18ClN3. The van der Waals surface area contributed by atoms with Gasteiger partial charge >= 0.3 is 0 Å². The maximum absolute atomic E-state index is 5.94. The van der Waals surface area contributed by atoms with E-state index < -0.39 is 0 Å². The Hall–Kier alpha value is -0.830. The molecule has 0 amide bonds. The molecule has 4 heteroatoms. The maximum Gasteiger partial charge on any atom is 0.129 e. The molecule has 1 saturated carbocycles. The standard InChI is InChI=1S/C12H18ClN3/c1-3-11-6-12(16-8(2)15-11)14-7-9-4-10(13)5-9/h6,9-10H,3-5,7H2,1-2H3,(H,14,15,16). The summed E-state index contributed by atoms with van der Waals surface area (Å²) in [6.07, 6.45) is 3.20. The van der Waals surface area contributed by atoms with Gasteiger partial charge in [0.2, 0.25) is 0 Å². The minimum atomic E-state index is 0.394. The van der Waals surface area contributed by atoms with Crippen LogP contribution in [0.4, 0.5) is 5.82 Å². The lowest BCUT2D eigenvalue weighted by atomic mass is 9.85. The van der Waals surface area contributed by atoms with Crippen LogP contribution in [0.1, 0.15) is 31.3 Å². The summed E-state index contributed by atoms with van der Waals surface area (Å²) in [5, 5.41) is 3.77. The van der Waals surface area contributed by atoms with Crippen molar-refractivity contribution in [3.05, 3.63) is 17.6 Å². The van der Waals surface area contributed by atoms with Gasteiger partial charge in [-0.3, -0.25) is 0 Å². The quantitative estimate of drug-likeness (QED) is 0.822. The van der Waals surface area contributed by atoms with Crippen LogP contribution in [0.15, 0.2) is 6.07 Å². The van der Waals surface area contributed by atoms with Crippen LogP contribution >= 0.6 is 11.6 Å². The normalized spacial score (nSPS) is 23.9. The van der Waals surface area contributed by atoms with E-state index in [1.165, 1.54) is 0 Å². The number of nitrogens with one attached hydrogen (secondary N) is 1. The van der Waals surface area contributed by atoms with E-state index in [4.69, 9.17) is 11.6 Å². The van der Waals surface area contributed by atoms with Gasteiger partial charge < -0.3 is 5.32 Å². The fraction of sp³-hybridized carbons (Fsp3) is 0.667. The smallest absolute Gasteiger partial charge is 0.129 e. The molecule has 1 N–H and O–H groups in total. The Kier molecular flexibility index (Phi) is 3.64. The molecule has 1 aromatic heterocycles. The fourth-order valence-corrected chi connectivity index (χ4v) is 2.48. The number of alkyl halides is 1. The van der Waals surface area contributed by atoms with Crippen molar-refractivity contribution in [2.75, 3.05) is 11.9 Å². The largest absolute Gasteiger partial charge is 0.370 e. The highest BCUT2D eigenvalue weighted by molar-refractivity contribution is 6.21. The van der Waals surface area contributed by atoms with Crippen LogP contribution in [0, 0.1) is 12.8 Å². The molecule has 2 rings (SSSR count). The fourth-order valence-electron chi connectivity index (χ4n) is 1.97. The molecule has 1 aliphatic carbocycles. The van der Waals surface area contributed by atoms with Crippen molar-refractivity contribution in [3.8, 4) is 0 Å². The third-order valence-corrected chi connectivity index (χ3v) is 3.36. The number of anilines is 1. The first-order valence-corrected chi connectivity index (χ1v) is 6.33. The van der Waals surface area contributed by atoms with E-state index in [9.17, 15) is 0 Å². The third kappa shape index (κ3) is 2.85. The highest BCUT2D eigenvalue weighted by Gasteiger charge is 2.26. The van der Waals surface area contributed by atoms with E-state index in [0.717, 1.165) is 43.1 Å². The Labute approximate surface area is 102 Å². The second-order valence-corrected chi connectivity index (χ2v) is 5.08. The molecule has 0 radical (unpaired) electrons. The van der Waals surface area contributed by atoms with E-state index in [-0.39, 0.29) is 0 Å². The van der Waals surface area contributed by atoms with Gasteiger partial charge in [0, 0.05) is 23.7 Å². The zero-order valence-electron chi connectivity index (χ0n) is 9.83. The molecule has 0 aliphatic heterocycles. The van der Waals surface area contributed by atoms with Crippen LogP contribution in [0.25, 0.3) is 0 Å². The first-order chi connectivity index (χ1) is 7.67. The number of hydrogen-bond acceptors (Lipinski definition) is 3. The van der Waals surface area contributed by atoms with E-state index in [1.807, 2.05) is 13.0 Å². The molecule has 16 heavy (non-hydrogen) atoms. The van der Waals surface area contributed by atoms with Crippen molar-refractivity contribution in [2.24, 2.45) is 5.92 Å². The molecule has 1 aromatic rings. The summed E-state index contributed by atoms with van der Waals surface area (Å²) in [6, 6.07) is 2.03. The van der Waals surface area contributed by atoms with E-state index in [1.54, 1.807) is 0 Å². The summed E-state index contributed by atoms with van der Waals surface area (Å²) in [4.78, 5) is 8.73. The average Bonchev–Trinajstić information content (AvgIpc) is 2.22. The van der Waals surface area contributed by atoms with Crippen molar-refractivity contribution in [1.29, 1.82) is 0 Å². The van der Waals surface area contributed by atoms with Crippen molar-refractivity contribution < 1.29 is 0 Å². The molecule has 1 heterocycles. The van der Waals surface area contributed by atoms with Crippen LogP contribution in [0.2, 0.25) is 0 Å². The second-order valence-electron chi connectivity index (χ2n) is 4.46. The molecule has 88 valence electrons. The van der Waals surface area contributed by atoms with Crippen molar-refractivity contribution >= 4 is 17.4 Å². The first kappa shape index (κ1) is 11.6. The van der Waals surface area contributed by atoms with Crippen LogP contribution in [0.5, 0.6) is 0 Å². The molecule has 3 nitrogen and oxygen atoms in total. The van der Waals surface area contributed by atoms with Crippen molar-refractivity contribution in [3.63, 3.8) is 0 Å². The minimum Gasteiger partial charge on any atom is -0.370 e. The van der Waals surface area contributed by atoms with Gasteiger partial charge in [-0.25, -0.2) is 9.97 Å². The molecular weight excluding hydrogens is 222 g/mol. The molecule has 0 unspecified atom stereocenters. The Morgan fingerprint density at radius 2 is 2.19 bits per heavy atom. The monoisotopic (exact) mass is 239 g/mol. The number of halogens is 1. The molecule has 0 saturated heterocycles. The van der Waals surface area contributed by atoms with E-state index >= 15 is 0 Å².